The van der Waals surface area contributed by atoms with Crippen molar-refractivity contribution >= 4 is 5.91 Å². The molecule has 1 heterocycles. The molecule has 0 aromatic carbocycles. The van der Waals surface area contributed by atoms with E-state index in [-0.39, 0.29) is 5.91 Å². The molecule has 0 aliphatic carbocycles. The Morgan fingerprint density at radius 1 is 1.35 bits per heavy atom. The fraction of sp³-hybridized carbons (Fsp3) is 0.727. The number of aromatic nitrogens is 2. The van der Waals surface area contributed by atoms with Crippen molar-refractivity contribution < 1.29 is 9.32 Å². The summed E-state index contributed by atoms with van der Waals surface area (Å²) in [5.41, 5.74) is 0. The zero-order valence-corrected chi connectivity index (χ0v) is 10.9. The number of aryl methyl sites for hydroxylation is 1. The van der Waals surface area contributed by atoms with Gasteiger partial charge in [-0.25, -0.2) is 0 Å². The molecule has 1 aromatic heterocycles. The number of hydrogen-bond acceptors (Lipinski definition) is 5. The second kappa shape index (κ2) is 6.34. The van der Waals surface area contributed by atoms with E-state index < -0.39 is 0 Å². The first-order valence-electron chi connectivity index (χ1n) is 5.82. The number of carbonyl (C=O) groups is 1. The van der Waals surface area contributed by atoms with E-state index in [1.165, 1.54) is 0 Å². The Morgan fingerprint density at radius 2 is 2.00 bits per heavy atom. The molecule has 0 saturated heterocycles. The van der Waals surface area contributed by atoms with Crippen molar-refractivity contribution in [1.82, 2.24) is 19.9 Å². The molecule has 0 N–H and O–H groups in total. The lowest BCUT2D eigenvalue weighted by Crippen LogP contribution is -2.38. The molecule has 0 spiro atoms. The summed E-state index contributed by atoms with van der Waals surface area (Å²) in [6.07, 6.45) is 0. The Balaban J connectivity index is 2.44. The topological polar surface area (TPSA) is 62.5 Å². The summed E-state index contributed by atoms with van der Waals surface area (Å²) in [7, 11) is 1.86. The van der Waals surface area contributed by atoms with Crippen LogP contribution >= 0.6 is 0 Å². The molecule has 1 aromatic rings. The molecule has 0 unspecified atom stereocenters. The van der Waals surface area contributed by atoms with E-state index in [4.69, 9.17) is 4.52 Å². The molecule has 0 aliphatic rings. The maximum Gasteiger partial charge on any atom is 0.240 e. The summed E-state index contributed by atoms with van der Waals surface area (Å²) in [4.78, 5) is 19.6. The monoisotopic (exact) mass is 240 g/mol. The van der Waals surface area contributed by atoms with Gasteiger partial charge in [-0.3, -0.25) is 9.69 Å². The fourth-order valence-electron chi connectivity index (χ4n) is 1.60. The van der Waals surface area contributed by atoms with Crippen molar-refractivity contribution in [2.24, 2.45) is 0 Å². The van der Waals surface area contributed by atoms with Crippen molar-refractivity contribution in [3.63, 3.8) is 0 Å². The molecule has 6 nitrogen and oxygen atoms in total. The SMILES string of the molecule is CCN(CC)C(=O)CN(C)Cc1nc(C)no1. The van der Waals surface area contributed by atoms with Crippen LogP contribution in [0.1, 0.15) is 25.6 Å². The summed E-state index contributed by atoms with van der Waals surface area (Å²) in [5, 5.41) is 3.71. The van der Waals surface area contributed by atoms with Gasteiger partial charge in [0.25, 0.3) is 0 Å². The predicted octanol–water partition coefficient (Wildman–Crippen LogP) is 0.678. The fourth-order valence-corrected chi connectivity index (χ4v) is 1.60. The lowest BCUT2D eigenvalue weighted by Gasteiger charge is -2.22. The normalized spacial score (nSPS) is 10.9. The summed E-state index contributed by atoms with van der Waals surface area (Å²) in [6, 6.07) is 0. The van der Waals surface area contributed by atoms with E-state index >= 15 is 0 Å². The van der Waals surface area contributed by atoms with Crippen LogP contribution < -0.4 is 0 Å². The van der Waals surface area contributed by atoms with Crippen LogP contribution in [0.15, 0.2) is 4.52 Å². The first kappa shape index (κ1) is 13.6. The molecule has 1 rings (SSSR count). The van der Waals surface area contributed by atoms with Crippen LogP contribution in [0, 0.1) is 6.92 Å². The van der Waals surface area contributed by atoms with Crippen LogP contribution in [0.4, 0.5) is 0 Å². The highest BCUT2D eigenvalue weighted by molar-refractivity contribution is 5.78. The quantitative estimate of drug-likeness (QED) is 0.731. The minimum Gasteiger partial charge on any atom is -0.342 e. The third-order valence-corrected chi connectivity index (χ3v) is 2.50. The molecule has 0 saturated carbocycles. The molecule has 1 amide bonds. The Bertz CT molecular complexity index is 360. The summed E-state index contributed by atoms with van der Waals surface area (Å²) >= 11 is 0. The van der Waals surface area contributed by atoms with Crippen molar-refractivity contribution in [3.8, 4) is 0 Å². The highest BCUT2D eigenvalue weighted by Crippen LogP contribution is 2.01. The largest absolute Gasteiger partial charge is 0.342 e. The molecule has 96 valence electrons. The molecule has 0 aliphatic heterocycles. The van der Waals surface area contributed by atoms with Gasteiger partial charge in [0.2, 0.25) is 11.8 Å². The smallest absolute Gasteiger partial charge is 0.240 e. The highest BCUT2D eigenvalue weighted by atomic mass is 16.5. The molecule has 0 atom stereocenters. The van der Waals surface area contributed by atoms with E-state index in [1.54, 1.807) is 11.8 Å². The standard InChI is InChI=1S/C11H20N4O2/c1-5-15(6-2)11(16)8-14(4)7-10-12-9(3)13-17-10/h5-8H2,1-4H3. The molecule has 0 radical (unpaired) electrons. The minimum absolute atomic E-state index is 0.119. The molecule has 6 heteroatoms. The van der Waals surface area contributed by atoms with Crippen LogP contribution in [0.3, 0.4) is 0 Å². The highest BCUT2D eigenvalue weighted by Gasteiger charge is 2.14. The first-order chi connectivity index (χ1) is 8.06. The second-order valence-electron chi connectivity index (χ2n) is 3.97. The van der Waals surface area contributed by atoms with Gasteiger partial charge in [-0.2, -0.15) is 4.98 Å². The van der Waals surface area contributed by atoms with Crippen molar-refractivity contribution in [1.29, 1.82) is 0 Å². The van der Waals surface area contributed by atoms with E-state index in [0.29, 0.717) is 24.8 Å². The third-order valence-electron chi connectivity index (χ3n) is 2.50. The minimum atomic E-state index is 0.119. The first-order valence-corrected chi connectivity index (χ1v) is 5.82. The number of likely N-dealkylation sites (N-methyl/N-ethyl adjacent to an activating group) is 2. The maximum absolute atomic E-state index is 11.8. The summed E-state index contributed by atoms with van der Waals surface area (Å²) in [5.74, 6) is 1.27. The molecular weight excluding hydrogens is 220 g/mol. The number of amides is 1. The molecule has 17 heavy (non-hydrogen) atoms. The number of carbonyl (C=O) groups excluding carboxylic acids is 1. The Kier molecular flexibility index (Phi) is 5.09. The molecule has 0 bridgehead atoms. The number of rotatable bonds is 6. The summed E-state index contributed by atoms with van der Waals surface area (Å²) < 4.78 is 5.00. The van der Waals surface area contributed by atoms with Gasteiger partial charge in [0.15, 0.2) is 5.82 Å². The van der Waals surface area contributed by atoms with Gasteiger partial charge >= 0.3 is 0 Å². The van der Waals surface area contributed by atoms with E-state index in [0.717, 1.165) is 13.1 Å². The van der Waals surface area contributed by atoms with E-state index in [9.17, 15) is 4.79 Å². The third kappa shape index (κ3) is 4.14. The summed E-state index contributed by atoms with van der Waals surface area (Å²) in [6.45, 7) is 8.06. The lowest BCUT2D eigenvalue weighted by molar-refractivity contribution is -0.131. The zero-order valence-electron chi connectivity index (χ0n) is 10.9. The number of hydrogen-bond donors (Lipinski definition) is 0. The van der Waals surface area contributed by atoms with E-state index in [2.05, 4.69) is 10.1 Å². The van der Waals surface area contributed by atoms with Crippen LogP contribution in [-0.2, 0) is 11.3 Å². The average molecular weight is 240 g/mol. The Labute approximate surface area is 102 Å². The van der Waals surface area contributed by atoms with Gasteiger partial charge in [0.05, 0.1) is 13.1 Å². The van der Waals surface area contributed by atoms with Gasteiger partial charge in [-0.15, -0.1) is 0 Å². The van der Waals surface area contributed by atoms with Crippen molar-refractivity contribution in [3.05, 3.63) is 11.7 Å². The lowest BCUT2D eigenvalue weighted by atomic mass is 10.4. The van der Waals surface area contributed by atoms with Gasteiger partial charge in [0, 0.05) is 13.1 Å². The predicted molar refractivity (Wildman–Crippen MR) is 63.3 cm³/mol. The van der Waals surface area contributed by atoms with Crippen LogP contribution in [-0.4, -0.2) is 52.5 Å². The Hall–Kier alpha value is -1.43. The van der Waals surface area contributed by atoms with Crippen molar-refractivity contribution in [2.75, 3.05) is 26.7 Å². The van der Waals surface area contributed by atoms with Gasteiger partial charge in [0.1, 0.15) is 0 Å². The Morgan fingerprint density at radius 3 is 2.47 bits per heavy atom. The van der Waals surface area contributed by atoms with Crippen LogP contribution in [0.25, 0.3) is 0 Å². The van der Waals surface area contributed by atoms with Gasteiger partial charge < -0.3 is 9.42 Å². The molecular formula is C11H20N4O2. The van der Waals surface area contributed by atoms with E-state index in [1.807, 2.05) is 25.8 Å². The van der Waals surface area contributed by atoms with Gasteiger partial charge in [-0.05, 0) is 27.8 Å². The van der Waals surface area contributed by atoms with Crippen molar-refractivity contribution in [2.45, 2.75) is 27.3 Å². The maximum atomic E-state index is 11.8. The zero-order chi connectivity index (χ0) is 12.8. The second-order valence-corrected chi connectivity index (χ2v) is 3.97. The average Bonchev–Trinajstić information content (AvgIpc) is 2.65. The van der Waals surface area contributed by atoms with Crippen LogP contribution in [0.5, 0.6) is 0 Å². The van der Waals surface area contributed by atoms with Crippen LogP contribution in [0.2, 0.25) is 0 Å². The molecule has 0 fully saturated rings. The van der Waals surface area contributed by atoms with Gasteiger partial charge in [-0.1, -0.05) is 5.16 Å². The number of nitrogens with zero attached hydrogens (tertiary/aromatic N) is 4.